The molecular weight excluding hydrogens is 300 g/mol. The maximum absolute atomic E-state index is 6.25. The zero-order valence-corrected chi connectivity index (χ0v) is 13.6. The zero-order valence-electron chi connectivity index (χ0n) is 12.0. The molecule has 0 heterocycles. The molecule has 0 aliphatic heterocycles. The Bertz CT molecular complexity index is 399. The molecule has 0 radical (unpaired) electrons. The Kier molecular flexibility index (Phi) is 5.43. The van der Waals surface area contributed by atoms with E-state index in [1.54, 1.807) is 0 Å². The van der Waals surface area contributed by atoms with Gasteiger partial charge in [-0.15, -0.1) is 0 Å². The van der Waals surface area contributed by atoms with E-state index in [1.165, 1.54) is 31.2 Å². The van der Waals surface area contributed by atoms with E-state index < -0.39 is 0 Å². The summed E-state index contributed by atoms with van der Waals surface area (Å²) in [6.07, 6.45) is 5.56. The first-order valence-electron chi connectivity index (χ1n) is 7.30. The zero-order chi connectivity index (χ0) is 13.8. The van der Waals surface area contributed by atoms with Crippen molar-refractivity contribution < 1.29 is 0 Å². The lowest BCUT2D eigenvalue weighted by Crippen LogP contribution is -2.39. The molecule has 1 fully saturated rings. The molecule has 1 aromatic rings. The highest BCUT2D eigenvalue weighted by Gasteiger charge is 2.26. The molecule has 1 aliphatic rings. The van der Waals surface area contributed by atoms with E-state index in [4.69, 9.17) is 5.73 Å². The highest BCUT2D eigenvalue weighted by Crippen LogP contribution is 2.32. The van der Waals surface area contributed by atoms with Gasteiger partial charge in [-0.05, 0) is 44.4 Å². The van der Waals surface area contributed by atoms with Crippen molar-refractivity contribution in [2.45, 2.75) is 44.7 Å². The van der Waals surface area contributed by atoms with Gasteiger partial charge in [0, 0.05) is 17.1 Å². The molecule has 0 spiro atoms. The van der Waals surface area contributed by atoms with Gasteiger partial charge in [-0.3, -0.25) is 4.90 Å². The highest BCUT2D eigenvalue weighted by atomic mass is 79.9. The van der Waals surface area contributed by atoms with Gasteiger partial charge in [-0.1, -0.05) is 47.0 Å². The van der Waals surface area contributed by atoms with Crippen LogP contribution in [0.15, 0.2) is 28.7 Å². The summed E-state index contributed by atoms with van der Waals surface area (Å²) in [4.78, 5) is 2.45. The quantitative estimate of drug-likeness (QED) is 0.888. The minimum atomic E-state index is 0.130. The first-order valence-corrected chi connectivity index (χ1v) is 8.09. The second kappa shape index (κ2) is 6.87. The van der Waals surface area contributed by atoms with E-state index in [-0.39, 0.29) is 12.1 Å². The molecule has 19 heavy (non-hydrogen) atoms. The van der Waals surface area contributed by atoms with Crippen LogP contribution in [0.2, 0.25) is 0 Å². The molecular formula is C16H25BrN2. The largest absolute Gasteiger partial charge is 0.326 e. The Morgan fingerprint density at radius 2 is 1.95 bits per heavy atom. The summed E-state index contributed by atoms with van der Waals surface area (Å²) in [5.74, 6) is 0.855. The summed E-state index contributed by atoms with van der Waals surface area (Å²) < 4.78 is 1.16. The number of likely N-dealkylation sites (N-methyl/N-ethyl adjacent to an activating group) is 1. The monoisotopic (exact) mass is 324 g/mol. The molecule has 1 aromatic carbocycles. The van der Waals surface area contributed by atoms with Crippen LogP contribution in [0.1, 0.15) is 44.2 Å². The molecule has 2 nitrogen and oxygen atoms in total. The average Bonchev–Trinajstić information content (AvgIpc) is 2.84. The third kappa shape index (κ3) is 3.80. The van der Waals surface area contributed by atoms with Crippen LogP contribution in [0.3, 0.4) is 0 Å². The van der Waals surface area contributed by atoms with Crippen LogP contribution < -0.4 is 5.73 Å². The number of benzene rings is 1. The summed E-state index contributed by atoms with van der Waals surface area (Å²) in [7, 11) is 2.21. The number of hydrogen-bond donors (Lipinski definition) is 1. The van der Waals surface area contributed by atoms with E-state index in [0.29, 0.717) is 0 Å². The first kappa shape index (κ1) is 15.0. The molecule has 2 unspecified atom stereocenters. The Labute approximate surface area is 125 Å². The minimum absolute atomic E-state index is 0.130. The van der Waals surface area contributed by atoms with Crippen LogP contribution in [0, 0.1) is 5.92 Å². The molecule has 0 aromatic heterocycles. The van der Waals surface area contributed by atoms with Gasteiger partial charge in [0.15, 0.2) is 0 Å². The fourth-order valence-electron chi connectivity index (χ4n) is 3.35. The summed E-state index contributed by atoms with van der Waals surface area (Å²) >= 11 is 3.66. The van der Waals surface area contributed by atoms with Gasteiger partial charge in [-0.2, -0.15) is 0 Å². The van der Waals surface area contributed by atoms with Crippen molar-refractivity contribution >= 4 is 15.9 Å². The molecule has 2 rings (SSSR count). The molecule has 2 N–H and O–H groups in total. The third-order valence-electron chi connectivity index (χ3n) is 4.22. The topological polar surface area (TPSA) is 29.3 Å². The van der Waals surface area contributed by atoms with Crippen LogP contribution in [-0.2, 0) is 0 Å². The molecule has 1 aliphatic carbocycles. The standard InChI is InChI=1S/C16H25BrN2/c1-12(18)16(14-9-5-6-10-15(14)17)19(2)11-13-7-3-4-8-13/h5-6,9-10,12-13,16H,3-4,7-8,11,18H2,1-2H3. The van der Waals surface area contributed by atoms with Crippen molar-refractivity contribution in [2.24, 2.45) is 11.7 Å². The second-order valence-electron chi connectivity index (χ2n) is 5.92. The number of halogens is 1. The fraction of sp³-hybridized carbons (Fsp3) is 0.625. The molecule has 0 bridgehead atoms. The van der Waals surface area contributed by atoms with Crippen molar-refractivity contribution in [2.75, 3.05) is 13.6 Å². The van der Waals surface area contributed by atoms with E-state index in [1.807, 2.05) is 0 Å². The predicted molar refractivity (Wildman–Crippen MR) is 85.1 cm³/mol. The van der Waals surface area contributed by atoms with Crippen molar-refractivity contribution in [1.82, 2.24) is 4.90 Å². The van der Waals surface area contributed by atoms with Crippen molar-refractivity contribution in [3.63, 3.8) is 0 Å². The number of hydrogen-bond acceptors (Lipinski definition) is 2. The number of rotatable bonds is 5. The lowest BCUT2D eigenvalue weighted by molar-refractivity contribution is 0.187. The normalized spacial score (nSPS) is 19.8. The van der Waals surface area contributed by atoms with Gasteiger partial charge in [-0.25, -0.2) is 0 Å². The van der Waals surface area contributed by atoms with E-state index in [0.717, 1.165) is 16.9 Å². The molecule has 0 saturated heterocycles. The molecule has 0 amide bonds. The Balaban J connectivity index is 2.13. The van der Waals surface area contributed by atoms with Crippen molar-refractivity contribution in [1.29, 1.82) is 0 Å². The number of nitrogens with two attached hydrogens (primary N) is 1. The Morgan fingerprint density at radius 1 is 1.32 bits per heavy atom. The van der Waals surface area contributed by atoms with Crippen LogP contribution in [0.4, 0.5) is 0 Å². The van der Waals surface area contributed by atoms with Crippen LogP contribution in [-0.4, -0.2) is 24.5 Å². The Morgan fingerprint density at radius 3 is 2.53 bits per heavy atom. The minimum Gasteiger partial charge on any atom is -0.326 e. The lowest BCUT2D eigenvalue weighted by atomic mass is 9.98. The van der Waals surface area contributed by atoms with E-state index >= 15 is 0 Å². The SMILES string of the molecule is CC(N)C(c1ccccc1Br)N(C)CC1CCCC1. The van der Waals surface area contributed by atoms with Crippen LogP contribution in [0.25, 0.3) is 0 Å². The maximum Gasteiger partial charge on any atom is 0.0504 e. The number of nitrogens with zero attached hydrogens (tertiary/aromatic N) is 1. The average molecular weight is 325 g/mol. The first-order chi connectivity index (χ1) is 9.09. The second-order valence-corrected chi connectivity index (χ2v) is 6.77. The van der Waals surface area contributed by atoms with Gasteiger partial charge in [0.05, 0.1) is 6.04 Å². The molecule has 106 valence electrons. The van der Waals surface area contributed by atoms with Crippen molar-refractivity contribution in [3.8, 4) is 0 Å². The molecule has 1 saturated carbocycles. The third-order valence-corrected chi connectivity index (χ3v) is 4.94. The van der Waals surface area contributed by atoms with Gasteiger partial charge in [0.1, 0.15) is 0 Å². The highest BCUT2D eigenvalue weighted by molar-refractivity contribution is 9.10. The van der Waals surface area contributed by atoms with Gasteiger partial charge in [0.25, 0.3) is 0 Å². The maximum atomic E-state index is 6.25. The Hall–Kier alpha value is -0.380. The van der Waals surface area contributed by atoms with Gasteiger partial charge < -0.3 is 5.73 Å². The van der Waals surface area contributed by atoms with E-state index in [9.17, 15) is 0 Å². The van der Waals surface area contributed by atoms with Gasteiger partial charge in [0.2, 0.25) is 0 Å². The fourth-order valence-corrected chi connectivity index (χ4v) is 3.87. The molecule has 3 heteroatoms. The van der Waals surface area contributed by atoms with E-state index in [2.05, 4.69) is 59.1 Å². The van der Waals surface area contributed by atoms with Crippen LogP contribution >= 0.6 is 15.9 Å². The summed E-state index contributed by atoms with van der Waals surface area (Å²) in [5, 5.41) is 0. The lowest BCUT2D eigenvalue weighted by Gasteiger charge is -2.33. The summed E-state index contributed by atoms with van der Waals surface area (Å²) in [6, 6.07) is 8.86. The molecule has 2 atom stereocenters. The smallest absolute Gasteiger partial charge is 0.0504 e. The van der Waals surface area contributed by atoms with Gasteiger partial charge >= 0.3 is 0 Å². The van der Waals surface area contributed by atoms with Crippen molar-refractivity contribution in [3.05, 3.63) is 34.3 Å². The predicted octanol–water partition coefficient (Wildman–Crippen LogP) is 3.96. The van der Waals surface area contributed by atoms with Crippen LogP contribution in [0.5, 0.6) is 0 Å². The summed E-state index contributed by atoms with van der Waals surface area (Å²) in [5.41, 5.74) is 7.55. The summed E-state index contributed by atoms with van der Waals surface area (Å²) in [6.45, 7) is 3.27.